The number of hydrogen-bond donors (Lipinski definition) is 2. The average Bonchev–Trinajstić information content (AvgIpc) is 2.29. The molecule has 84 valence electrons. The molecule has 5 nitrogen and oxygen atoms in total. The monoisotopic (exact) mass is 213 g/mol. The summed E-state index contributed by atoms with van der Waals surface area (Å²) >= 11 is 0. The van der Waals surface area contributed by atoms with Crippen LogP contribution >= 0.6 is 0 Å². The van der Waals surface area contributed by atoms with Crippen LogP contribution in [0.3, 0.4) is 0 Å². The Morgan fingerprint density at radius 2 is 1.60 bits per heavy atom. The van der Waals surface area contributed by atoms with Gasteiger partial charge in [-0.05, 0) is 0 Å². The van der Waals surface area contributed by atoms with Crippen LogP contribution in [0.2, 0.25) is 0 Å². The molecule has 0 fully saturated rings. The molecule has 0 spiro atoms. The Balaban J connectivity index is 2.68. The lowest BCUT2D eigenvalue weighted by molar-refractivity contribution is 0.145. The van der Waals surface area contributed by atoms with E-state index in [1.54, 1.807) is 32.4 Å². The highest BCUT2D eigenvalue weighted by atomic mass is 16.5. The van der Waals surface area contributed by atoms with Crippen molar-refractivity contribution in [3.63, 3.8) is 0 Å². The summed E-state index contributed by atoms with van der Waals surface area (Å²) in [5, 5.41) is 8.37. The lowest BCUT2D eigenvalue weighted by Crippen LogP contribution is -2.16. The number of methoxy groups -OCH3 is 2. The Hall–Kier alpha value is -1.46. The maximum Gasteiger partial charge on any atom is 0.126 e. The second-order valence-electron chi connectivity index (χ2n) is 2.80. The van der Waals surface area contributed by atoms with Crippen LogP contribution in [0.4, 0.5) is 0 Å². The van der Waals surface area contributed by atoms with Gasteiger partial charge >= 0.3 is 0 Å². The van der Waals surface area contributed by atoms with Crippen molar-refractivity contribution in [2.24, 2.45) is 0 Å². The third-order valence-electron chi connectivity index (χ3n) is 1.81. The van der Waals surface area contributed by atoms with Gasteiger partial charge in [0.15, 0.2) is 0 Å². The summed E-state index contributed by atoms with van der Waals surface area (Å²) < 4.78 is 15.5. The normalized spacial score (nSPS) is 9.80. The van der Waals surface area contributed by atoms with Crippen molar-refractivity contribution in [3.05, 3.63) is 18.2 Å². The van der Waals surface area contributed by atoms with Crippen LogP contribution < -0.4 is 19.7 Å². The predicted octanol–water partition coefficient (Wildman–Crippen LogP) is 1.06. The molecule has 0 unspecified atom stereocenters. The van der Waals surface area contributed by atoms with E-state index >= 15 is 0 Å². The number of rotatable bonds is 6. The number of benzene rings is 1. The Morgan fingerprint density at radius 3 is 2.07 bits per heavy atom. The van der Waals surface area contributed by atoms with Gasteiger partial charge in [-0.1, -0.05) is 0 Å². The smallest absolute Gasteiger partial charge is 0.126 e. The number of hydroxylamine groups is 1. The molecule has 1 aromatic carbocycles. The van der Waals surface area contributed by atoms with E-state index in [4.69, 9.17) is 19.4 Å². The summed E-state index contributed by atoms with van der Waals surface area (Å²) in [4.78, 5) is 0. The van der Waals surface area contributed by atoms with Gasteiger partial charge in [-0.15, -0.1) is 0 Å². The molecular formula is C10H15NO4. The molecule has 0 amide bonds. The van der Waals surface area contributed by atoms with Gasteiger partial charge < -0.3 is 19.4 Å². The summed E-state index contributed by atoms with van der Waals surface area (Å²) in [5.74, 6) is 1.98. The summed E-state index contributed by atoms with van der Waals surface area (Å²) in [7, 11) is 3.15. The molecule has 0 aliphatic rings. The largest absolute Gasteiger partial charge is 0.496 e. The molecule has 0 saturated carbocycles. The average molecular weight is 213 g/mol. The van der Waals surface area contributed by atoms with Gasteiger partial charge in [0.25, 0.3) is 0 Å². The first kappa shape index (κ1) is 11.6. The maximum absolute atomic E-state index is 8.37. The second-order valence-corrected chi connectivity index (χ2v) is 2.80. The highest BCUT2D eigenvalue weighted by Crippen LogP contribution is 2.27. The highest BCUT2D eigenvalue weighted by molar-refractivity contribution is 5.41. The summed E-state index contributed by atoms with van der Waals surface area (Å²) in [5.41, 5.74) is 2.01. The van der Waals surface area contributed by atoms with E-state index in [-0.39, 0.29) is 0 Å². The third-order valence-corrected chi connectivity index (χ3v) is 1.81. The van der Waals surface area contributed by atoms with E-state index in [0.29, 0.717) is 30.4 Å². The number of nitrogens with one attached hydrogen (secondary N) is 1. The Morgan fingerprint density at radius 1 is 1.07 bits per heavy atom. The van der Waals surface area contributed by atoms with Crippen LogP contribution in [0.5, 0.6) is 17.2 Å². The summed E-state index contributed by atoms with van der Waals surface area (Å²) in [6.07, 6.45) is 0. The molecule has 0 aromatic heterocycles. The maximum atomic E-state index is 8.37. The quantitative estimate of drug-likeness (QED) is 0.546. The minimum Gasteiger partial charge on any atom is -0.496 e. The fourth-order valence-corrected chi connectivity index (χ4v) is 1.08. The highest BCUT2D eigenvalue weighted by Gasteiger charge is 2.02. The minimum atomic E-state index is 0.361. The van der Waals surface area contributed by atoms with Gasteiger partial charge in [-0.25, -0.2) is 5.48 Å². The lowest BCUT2D eigenvalue weighted by atomic mass is 10.3. The topological polar surface area (TPSA) is 60.0 Å². The molecule has 1 rings (SSSR count). The molecule has 0 radical (unpaired) electrons. The first-order valence-electron chi connectivity index (χ1n) is 4.53. The molecule has 0 atom stereocenters. The number of ether oxygens (including phenoxy) is 3. The van der Waals surface area contributed by atoms with Crippen LogP contribution in [0.1, 0.15) is 0 Å². The molecule has 5 heteroatoms. The van der Waals surface area contributed by atoms with E-state index in [2.05, 4.69) is 0 Å². The predicted molar refractivity (Wildman–Crippen MR) is 54.8 cm³/mol. The lowest BCUT2D eigenvalue weighted by Gasteiger charge is -2.09. The fraction of sp³-hybridized carbons (Fsp3) is 0.400. The van der Waals surface area contributed by atoms with Gasteiger partial charge in [0, 0.05) is 18.2 Å². The van der Waals surface area contributed by atoms with Crippen molar-refractivity contribution in [2.75, 3.05) is 27.4 Å². The fourth-order valence-electron chi connectivity index (χ4n) is 1.08. The second kappa shape index (κ2) is 6.10. The molecule has 0 saturated heterocycles. The van der Waals surface area contributed by atoms with Gasteiger partial charge in [0.2, 0.25) is 0 Å². The molecule has 15 heavy (non-hydrogen) atoms. The van der Waals surface area contributed by atoms with Gasteiger partial charge in [0.05, 0.1) is 20.8 Å². The molecule has 0 bridgehead atoms. The standard InChI is InChI=1S/C10H15NO4/c1-13-8-5-9(14-2)7-10(6-8)15-4-3-11-12/h5-7,11-12H,3-4H2,1-2H3. The van der Waals surface area contributed by atoms with Crippen molar-refractivity contribution in [1.29, 1.82) is 0 Å². The van der Waals surface area contributed by atoms with Crippen molar-refractivity contribution in [3.8, 4) is 17.2 Å². The number of hydrogen-bond acceptors (Lipinski definition) is 5. The van der Waals surface area contributed by atoms with Crippen molar-refractivity contribution in [2.45, 2.75) is 0 Å². The van der Waals surface area contributed by atoms with Crippen LogP contribution in [0, 0.1) is 0 Å². The Kier molecular flexibility index (Phi) is 4.73. The van der Waals surface area contributed by atoms with Crippen molar-refractivity contribution >= 4 is 0 Å². The zero-order chi connectivity index (χ0) is 11.1. The molecule has 0 aliphatic carbocycles. The van der Waals surface area contributed by atoms with E-state index in [1.165, 1.54) is 0 Å². The molecule has 0 heterocycles. The van der Waals surface area contributed by atoms with E-state index in [0.717, 1.165) is 0 Å². The van der Waals surface area contributed by atoms with E-state index < -0.39 is 0 Å². The van der Waals surface area contributed by atoms with Gasteiger partial charge in [-0.2, -0.15) is 0 Å². The SMILES string of the molecule is COc1cc(OC)cc(OCCNO)c1. The molecular weight excluding hydrogens is 198 g/mol. The Bertz CT molecular complexity index is 281. The van der Waals surface area contributed by atoms with Crippen LogP contribution in [0.15, 0.2) is 18.2 Å². The molecule has 2 N–H and O–H groups in total. The summed E-state index contributed by atoms with van der Waals surface area (Å²) in [6.45, 7) is 0.729. The van der Waals surface area contributed by atoms with Gasteiger partial charge in [0.1, 0.15) is 23.9 Å². The summed E-state index contributed by atoms with van der Waals surface area (Å²) in [6, 6.07) is 5.26. The van der Waals surface area contributed by atoms with E-state index in [9.17, 15) is 0 Å². The van der Waals surface area contributed by atoms with Crippen molar-refractivity contribution in [1.82, 2.24) is 5.48 Å². The van der Waals surface area contributed by atoms with Gasteiger partial charge in [-0.3, -0.25) is 0 Å². The Labute approximate surface area is 88.5 Å². The van der Waals surface area contributed by atoms with Crippen molar-refractivity contribution < 1.29 is 19.4 Å². The first-order valence-corrected chi connectivity index (χ1v) is 4.53. The zero-order valence-corrected chi connectivity index (χ0v) is 8.82. The van der Waals surface area contributed by atoms with E-state index in [1.807, 2.05) is 5.48 Å². The third kappa shape index (κ3) is 3.65. The zero-order valence-electron chi connectivity index (χ0n) is 8.82. The van der Waals surface area contributed by atoms with Crippen LogP contribution in [-0.4, -0.2) is 32.6 Å². The molecule has 0 aliphatic heterocycles. The van der Waals surface area contributed by atoms with Crippen LogP contribution in [0.25, 0.3) is 0 Å². The van der Waals surface area contributed by atoms with Crippen LogP contribution in [-0.2, 0) is 0 Å². The first-order chi connectivity index (χ1) is 7.30. The minimum absolute atomic E-state index is 0.361. The molecule has 1 aromatic rings.